The number of nitrogens with zero attached hydrogens (tertiary/aromatic N) is 2. The number of nitrogens with one attached hydrogen (secondary N) is 1. The molecule has 1 aromatic carbocycles. The van der Waals surface area contributed by atoms with Crippen LogP contribution in [0.5, 0.6) is 0 Å². The fraction of sp³-hybridized carbons (Fsp3) is 0.550. The van der Waals surface area contributed by atoms with Gasteiger partial charge in [-0.05, 0) is 56.7 Å². The van der Waals surface area contributed by atoms with Gasteiger partial charge in [0.25, 0.3) is 11.5 Å². The second-order valence-electron chi connectivity index (χ2n) is 7.42. The molecule has 27 heavy (non-hydrogen) atoms. The van der Waals surface area contributed by atoms with E-state index in [1.165, 1.54) is 0 Å². The smallest absolute Gasteiger partial charge is 0.328 e. The summed E-state index contributed by atoms with van der Waals surface area (Å²) in [5.74, 6) is 0.486. The molecule has 0 radical (unpaired) electrons. The molecule has 3 heterocycles. The summed E-state index contributed by atoms with van der Waals surface area (Å²) in [7, 11) is 0. The molecular weight excluding hydrogens is 346 g/mol. The number of piperidine rings is 1. The average Bonchev–Trinajstić information content (AvgIpc) is 3.22. The van der Waals surface area contributed by atoms with Crippen LogP contribution in [0.2, 0.25) is 0 Å². The van der Waals surface area contributed by atoms with Gasteiger partial charge in [0.1, 0.15) is 0 Å². The van der Waals surface area contributed by atoms with Crippen molar-refractivity contribution in [2.45, 2.75) is 45.3 Å². The quantitative estimate of drug-likeness (QED) is 0.891. The van der Waals surface area contributed by atoms with Gasteiger partial charge in [-0.1, -0.05) is 0 Å². The highest BCUT2D eigenvalue weighted by atomic mass is 16.5. The third-order valence-corrected chi connectivity index (χ3v) is 5.86. The summed E-state index contributed by atoms with van der Waals surface area (Å²) in [4.78, 5) is 41.8. The number of carbonyl (C=O) groups is 1. The number of aromatic nitrogens is 2. The predicted molar refractivity (Wildman–Crippen MR) is 102 cm³/mol. The van der Waals surface area contributed by atoms with E-state index in [0.29, 0.717) is 35.0 Å². The first-order valence-electron chi connectivity index (χ1n) is 9.76. The van der Waals surface area contributed by atoms with Crippen molar-refractivity contribution in [3.8, 4) is 0 Å². The van der Waals surface area contributed by atoms with Crippen LogP contribution < -0.4 is 11.2 Å². The molecule has 2 saturated heterocycles. The van der Waals surface area contributed by atoms with E-state index < -0.39 is 5.69 Å². The van der Waals surface area contributed by atoms with Crippen molar-refractivity contribution < 1.29 is 9.53 Å². The highest BCUT2D eigenvalue weighted by molar-refractivity contribution is 5.97. The molecule has 4 rings (SSSR count). The minimum absolute atomic E-state index is 0.0526. The van der Waals surface area contributed by atoms with Gasteiger partial charge in [0.15, 0.2) is 0 Å². The Bertz CT molecular complexity index is 963. The minimum atomic E-state index is -0.447. The molecule has 2 fully saturated rings. The fourth-order valence-corrected chi connectivity index (χ4v) is 4.31. The molecule has 7 nitrogen and oxygen atoms in total. The Morgan fingerprint density at radius 3 is 2.67 bits per heavy atom. The van der Waals surface area contributed by atoms with Gasteiger partial charge in [0, 0.05) is 31.8 Å². The van der Waals surface area contributed by atoms with Gasteiger partial charge < -0.3 is 14.6 Å². The van der Waals surface area contributed by atoms with Crippen molar-refractivity contribution in [1.82, 2.24) is 14.5 Å². The van der Waals surface area contributed by atoms with E-state index in [-0.39, 0.29) is 11.5 Å². The van der Waals surface area contributed by atoms with Gasteiger partial charge >= 0.3 is 5.69 Å². The molecule has 0 saturated carbocycles. The second kappa shape index (κ2) is 7.31. The van der Waals surface area contributed by atoms with Crippen LogP contribution in [0.4, 0.5) is 0 Å². The molecule has 0 aliphatic carbocycles. The highest BCUT2D eigenvalue weighted by Gasteiger charge is 2.31. The maximum absolute atomic E-state index is 12.9. The number of hydrogen-bond donors (Lipinski definition) is 1. The second-order valence-corrected chi connectivity index (χ2v) is 7.42. The lowest BCUT2D eigenvalue weighted by atomic mass is 9.89. The zero-order chi connectivity index (χ0) is 19.0. The Morgan fingerprint density at radius 2 is 2.00 bits per heavy atom. The first kappa shape index (κ1) is 18.0. The molecule has 0 bridgehead atoms. The zero-order valence-corrected chi connectivity index (χ0v) is 15.6. The number of H-pyrrole nitrogens is 1. The summed E-state index contributed by atoms with van der Waals surface area (Å²) in [5.41, 5.74) is 0.141. The van der Waals surface area contributed by atoms with Crippen LogP contribution in [0.1, 0.15) is 43.0 Å². The largest absolute Gasteiger partial charge is 0.378 e. The van der Waals surface area contributed by atoms with Crippen LogP contribution >= 0.6 is 0 Å². The lowest BCUT2D eigenvalue weighted by Gasteiger charge is -2.34. The summed E-state index contributed by atoms with van der Waals surface area (Å²) >= 11 is 0. The van der Waals surface area contributed by atoms with Crippen LogP contribution in [-0.2, 0) is 11.3 Å². The number of benzene rings is 1. The number of ether oxygens (including phenoxy) is 1. The molecule has 144 valence electrons. The SMILES string of the molecule is CCn1c(=O)[nH]c2cc(C(=O)N3CCC(C4CCCO4)CC3)ccc2c1=O. The summed E-state index contributed by atoms with van der Waals surface area (Å²) in [5, 5.41) is 0.421. The molecule has 1 amide bonds. The number of rotatable bonds is 3. The number of fused-ring (bicyclic) bond motifs is 1. The molecule has 7 heteroatoms. The summed E-state index contributed by atoms with van der Waals surface area (Å²) < 4.78 is 6.95. The number of hydrogen-bond acceptors (Lipinski definition) is 4. The van der Waals surface area contributed by atoms with Gasteiger partial charge in [-0.3, -0.25) is 14.2 Å². The van der Waals surface area contributed by atoms with Crippen LogP contribution in [0.25, 0.3) is 10.9 Å². The van der Waals surface area contributed by atoms with Crippen molar-refractivity contribution in [1.29, 1.82) is 0 Å². The van der Waals surface area contributed by atoms with Crippen molar-refractivity contribution in [2.75, 3.05) is 19.7 Å². The summed E-state index contributed by atoms with van der Waals surface area (Å²) in [6, 6.07) is 4.93. The topological polar surface area (TPSA) is 84.4 Å². The van der Waals surface area contributed by atoms with E-state index in [9.17, 15) is 14.4 Å². The zero-order valence-electron chi connectivity index (χ0n) is 15.6. The third kappa shape index (κ3) is 3.32. The van der Waals surface area contributed by atoms with E-state index in [2.05, 4.69) is 4.98 Å². The Hall–Kier alpha value is -2.41. The number of amides is 1. The standard InChI is InChI=1S/C20H25N3O4/c1-2-23-19(25)15-6-5-14(12-16(15)21-20(23)26)18(24)22-9-7-13(8-10-22)17-4-3-11-27-17/h5-6,12-13,17H,2-4,7-11H2,1H3,(H,21,26). The van der Waals surface area contributed by atoms with Gasteiger partial charge in [0.2, 0.25) is 0 Å². The van der Waals surface area contributed by atoms with Crippen molar-refractivity contribution >= 4 is 16.8 Å². The normalized spacial score (nSPS) is 21.1. The molecule has 2 aromatic rings. The molecule has 1 N–H and O–H groups in total. The molecule has 2 aliphatic heterocycles. The van der Waals surface area contributed by atoms with Crippen LogP contribution in [0.3, 0.4) is 0 Å². The Morgan fingerprint density at radius 1 is 1.22 bits per heavy atom. The van der Waals surface area contributed by atoms with E-state index in [4.69, 9.17) is 4.74 Å². The Balaban J connectivity index is 1.53. The van der Waals surface area contributed by atoms with Gasteiger partial charge in [0.05, 0.1) is 17.0 Å². The van der Waals surface area contributed by atoms with Crippen molar-refractivity contribution in [3.63, 3.8) is 0 Å². The monoisotopic (exact) mass is 371 g/mol. The summed E-state index contributed by atoms with van der Waals surface area (Å²) in [6.07, 6.45) is 4.54. The Labute approximate surface area is 156 Å². The maximum Gasteiger partial charge on any atom is 0.328 e. The van der Waals surface area contributed by atoms with E-state index >= 15 is 0 Å². The van der Waals surface area contributed by atoms with Gasteiger partial charge in [-0.2, -0.15) is 0 Å². The molecule has 1 unspecified atom stereocenters. The van der Waals surface area contributed by atoms with Gasteiger partial charge in [-0.25, -0.2) is 4.79 Å². The van der Waals surface area contributed by atoms with E-state index in [0.717, 1.165) is 49.9 Å². The molecular formula is C20H25N3O4. The molecule has 0 spiro atoms. The minimum Gasteiger partial charge on any atom is -0.378 e. The molecule has 2 aliphatic rings. The van der Waals surface area contributed by atoms with Gasteiger partial charge in [-0.15, -0.1) is 0 Å². The predicted octanol–water partition coefficient (Wildman–Crippen LogP) is 1.74. The van der Waals surface area contributed by atoms with Crippen molar-refractivity contribution in [2.24, 2.45) is 5.92 Å². The van der Waals surface area contributed by atoms with Crippen LogP contribution in [0, 0.1) is 5.92 Å². The first-order valence-corrected chi connectivity index (χ1v) is 9.76. The lowest BCUT2D eigenvalue weighted by molar-refractivity contribution is 0.0291. The lowest BCUT2D eigenvalue weighted by Crippen LogP contribution is -2.41. The fourth-order valence-electron chi connectivity index (χ4n) is 4.31. The number of carbonyl (C=O) groups excluding carboxylic acids is 1. The highest BCUT2D eigenvalue weighted by Crippen LogP contribution is 2.29. The number of likely N-dealkylation sites (tertiary alicyclic amines) is 1. The average molecular weight is 371 g/mol. The maximum atomic E-state index is 12.9. The van der Waals surface area contributed by atoms with E-state index in [1.54, 1.807) is 25.1 Å². The molecule has 1 aromatic heterocycles. The van der Waals surface area contributed by atoms with Crippen molar-refractivity contribution in [3.05, 3.63) is 44.6 Å². The number of aromatic amines is 1. The molecule has 1 atom stereocenters. The summed E-state index contributed by atoms with van der Waals surface area (Å²) in [6.45, 7) is 4.36. The van der Waals surface area contributed by atoms with Crippen LogP contribution in [0.15, 0.2) is 27.8 Å². The first-order chi connectivity index (χ1) is 13.1. The van der Waals surface area contributed by atoms with Crippen LogP contribution in [-0.4, -0.2) is 46.2 Å². The van der Waals surface area contributed by atoms with E-state index in [1.807, 2.05) is 4.90 Å². The Kier molecular flexibility index (Phi) is 4.86. The third-order valence-electron chi connectivity index (χ3n) is 5.86.